The molecule has 0 atom stereocenters. The zero-order chi connectivity index (χ0) is 20.9. The Morgan fingerprint density at radius 1 is 1.07 bits per heavy atom. The molecule has 0 radical (unpaired) electrons. The molecule has 2 heterocycles. The molecule has 0 bridgehead atoms. The number of hydrogen-bond acceptors (Lipinski definition) is 8. The predicted octanol–water partition coefficient (Wildman–Crippen LogP) is 3.04. The van der Waals surface area contributed by atoms with Crippen LogP contribution < -0.4 is 11.2 Å². The van der Waals surface area contributed by atoms with Crippen molar-refractivity contribution in [3.8, 4) is 11.4 Å². The number of nitrogens with two attached hydrogens (primary N) is 1. The number of nitrogens with zero attached hydrogens (tertiary/aromatic N) is 5. The van der Waals surface area contributed by atoms with Crippen LogP contribution in [0.1, 0.15) is 25.9 Å². The molecule has 2 aromatic heterocycles. The number of carbonyl (C=O) groups excluding carboxylic acids is 1. The summed E-state index contributed by atoms with van der Waals surface area (Å²) in [6.07, 6.45) is 0. The van der Waals surface area contributed by atoms with Crippen LogP contribution in [-0.4, -0.2) is 31.0 Å². The van der Waals surface area contributed by atoms with Crippen molar-refractivity contribution in [2.45, 2.75) is 24.4 Å². The molecule has 0 saturated heterocycles. The van der Waals surface area contributed by atoms with E-state index in [1.54, 1.807) is 0 Å². The maximum atomic E-state index is 12.3. The number of hydrogen-bond donors (Lipinski definition) is 2. The molecule has 4 aromatic rings. The molecular formula is C20H19N7OS2. The lowest BCUT2D eigenvalue weighted by atomic mass is 10.1. The number of nitrogen functional groups attached to an aromatic ring is 1. The maximum Gasteiger partial charge on any atom is 0.282 e. The summed E-state index contributed by atoms with van der Waals surface area (Å²) in [5.41, 5.74) is 3.09. The van der Waals surface area contributed by atoms with Crippen LogP contribution in [0.15, 0.2) is 59.8 Å². The Kier molecular flexibility index (Phi) is 6.05. The molecular weight excluding hydrogens is 418 g/mol. The van der Waals surface area contributed by atoms with Gasteiger partial charge in [0, 0.05) is 12.1 Å². The van der Waals surface area contributed by atoms with Crippen LogP contribution in [0.4, 0.5) is 0 Å². The van der Waals surface area contributed by atoms with Crippen LogP contribution in [0, 0.1) is 6.92 Å². The molecule has 0 saturated carbocycles. The summed E-state index contributed by atoms with van der Waals surface area (Å²) >= 11 is 2.65. The van der Waals surface area contributed by atoms with Gasteiger partial charge in [0.15, 0.2) is 5.82 Å². The fraction of sp³-hybridized carbons (Fsp3) is 0.150. The van der Waals surface area contributed by atoms with Crippen molar-refractivity contribution in [3.63, 3.8) is 0 Å². The summed E-state index contributed by atoms with van der Waals surface area (Å²) in [6, 6.07) is 17.6. The largest absolute Gasteiger partial charge is 0.346 e. The van der Waals surface area contributed by atoms with E-state index in [4.69, 9.17) is 5.84 Å². The van der Waals surface area contributed by atoms with Crippen molar-refractivity contribution in [1.82, 2.24) is 30.4 Å². The third kappa shape index (κ3) is 4.66. The van der Waals surface area contributed by atoms with Crippen LogP contribution in [0.5, 0.6) is 0 Å². The van der Waals surface area contributed by atoms with E-state index in [1.807, 2.05) is 61.5 Å². The zero-order valence-electron chi connectivity index (χ0n) is 16.1. The number of benzene rings is 2. The van der Waals surface area contributed by atoms with Gasteiger partial charge < -0.3 is 11.2 Å². The minimum absolute atomic E-state index is 0.240. The Morgan fingerprint density at radius 3 is 2.60 bits per heavy atom. The zero-order valence-corrected chi connectivity index (χ0v) is 17.8. The highest BCUT2D eigenvalue weighted by Crippen LogP contribution is 2.25. The Balaban J connectivity index is 1.35. The highest BCUT2D eigenvalue weighted by Gasteiger charge is 2.16. The summed E-state index contributed by atoms with van der Waals surface area (Å²) in [5, 5.41) is 20.9. The van der Waals surface area contributed by atoms with Crippen molar-refractivity contribution >= 4 is 29.0 Å². The summed E-state index contributed by atoms with van der Waals surface area (Å²) in [6.45, 7) is 2.47. The lowest BCUT2D eigenvalue weighted by Crippen LogP contribution is -2.22. The molecule has 0 spiro atoms. The summed E-state index contributed by atoms with van der Waals surface area (Å²) < 4.78 is 1.46. The van der Waals surface area contributed by atoms with Crippen molar-refractivity contribution in [1.29, 1.82) is 0 Å². The minimum atomic E-state index is -0.240. The molecule has 4 rings (SSSR count). The fourth-order valence-corrected chi connectivity index (χ4v) is 4.26. The summed E-state index contributed by atoms with van der Waals surface area (Å²) in [7, 11) is 0. The SMILES string of the molecule is Cc1ccc(-c2nnc(SCc3nnc(C(=O)NCc4ccccc4)s3)n2N)cc1. The number of thioether (sulfide) groups is 1. The standard InChI is InChI=1S/C20H19N7OS2/c1-13-7-9-15(10-8-13)17-24-26-20(27(17)21)29-12-16-23-25-19(30-16)18(28)22-11-14-5-3-2-4-6-14/h2-10H,11-12,21H2,1H3,(H,22,28). The predicted molar refractivity (Wildman–Crippen MR) is 117 cm³/mol. The second-order valence-electron chi connectivity index (χ2n) is 6.50. The molecule has 0 unspecified atom stereocenters. The second kappa shape index (κ2) is 9.06. The Bertz CT molecular complexity index is 1140. The highest BCUT2D eigenvalue weighted by atomic mass is 32.2. The van der Waals surface area contributed by atoms with Gasteiger partial charge in [0.25, 0.3) is 5.91 Å². The van der Waals surface area contributed by atoms with Crippen LogP contribution in [0.3, 0.4) is 0 Å². The molecule has 10 heteroatoms. The first-order valence-electron chi connectivity index (χ1n) is 9.15. The van der Waals surface area contributed by atoms with Crippen LogP contribution in [0.2, 0.25) is 0 Å². The maximum absolute atomic E-state index is 12.3. The van der Waals surface area contributed by atoms with E-state index in [0.717, 1.165) is 16.7 Å². The number of amides is 1. The highest BCUT2D eigenvalue weighted by molar-refractivity contribution is 7.98. The van der Waals surface area contributed by atoms with Gasteiger partial charge in [0.05, 0.1) is 5.75 Å². The fourth-order valence-electron chi connectivity index (χ4n) is 2.66. The third-order valence-electron chi connectivity index (χ3n) is 4.26. The molecule has 1 amide bonds. The Hall–Kier alpha value is -3.24. The van der Waals surface area contributed by atoms with E-state index in [-0.39, 0.29) is 5.91 Å². The average Bonchev–Trinajstić information content (AvgIpc) is 3.39. The molecule has 0 aliphatic rings. The van der Waals surface area contributed by atoms with E-state index < -0.39 is 0 Å². The van der Waals surface area contributed by atoms with Crippen molar-refractivity contribution in [2.75, 3.05) is 5.84 Å². The molecule has 0 fully saturated rings. The van der Waals surface area contributed by atoms with E-state index in [9.17, 15) is 4.79 Å². The van der Waals surface area contributed by atoms with Crippen LogP contribution >= 0.6 is 23.1 Å². The molecule has 0 aliphatic carbocycles. The Morgan fingerprint density at radius 2 is 1.83 bits per heavy atom. The molecule has 152 valence electrons. The van der Waals surface area contributed by atoms with Gasteiger partial charge in [-0.15, -0.1) is 20.4 Å². The quantitative estimate of drug-likeness (QED) is 0.338. The third-order valence-corrected chi connectivity index (χ3v) is 6.32. The summed E-state index contributed by atoms with van der Waals surface area (Å²) in [4.78, 5) is 12.3. The van der Waals surface area contributed by atoms with Crippen LogP contribution in [-0.2, 0) is 12.3 Å². The van der Waals surface area contributed by atoms with E-state index in [0.29, 0.717) is 33.3 Å². The molecule has 30 heavy (non-hydrogen) atoms. The van der Waals surface area contributed by atoms with Gasteiger partial charge in [0.1, 0.15) is 5.01 Å². The number of aromatic nitrogens is 5. The minimum Gasteiger partial charge on any atom is -0.346 e. The second-order valence-corrected chi connectivity index (χ2v) is 8.50. The monoisotopic (exact) mass is 437 g/mol. The molecule has 8 nitrogen and oxygen atoms in total. The van der Waals surface area contributed by atoms with E-state index >= 15 is 0 Å². The van der Waals surface area contributed by atoms with Crippen molar-refractivity contribution in [3.05, 3.63) is 75.7 Å². The number of nitrogens with one attached hydrogen (secondary N) is 1. The van der Waals surface area contributed by atoms with Crippen molar-refractivity contribution in [2.24, 2.45) is 0 Å². The van der Waals surface area contributed by atoms with Gasteiger partial charge in [-0.05, 0) is 12.5 Å². The topological polar surface area (TPSA) is 112 Å². The Labute approximate surface area is 181 Å². The van der Waals surface area contributed by atoms with Gasteiger partial charge in [-0.2, -0.15) is 0 Å². The molecule has 3 N–H and O–H groups in total. The number of aryl methyl sites for hydroxylation is 1. The normalized spacial score (nSPS) is 10.8. The first-order valence-corrected chi connectivity index (χ1v) is 10.9. The van der Waals surface area contributed by atoms with Gasteiger partial charge in [0.2, 0.25) is 10.2 Å². The van der Waals surface area contributed by atoms with Gasteiger partial charge >= 0.3 is 0 Å². The lowest BCUT2D eigenvalue weighted by Gasteiger charge is -2.03. The smallest absolute Gasteiger partial charge is 0.282 e. The van der Waals surface area contributed by atoms with Gasteiger partial charge in [-0.25, -0.2) is 4.68 Å². The van der Waals surface area contributed by atoms with E-state index in [2.05, 4.69) is 25.7 Å². The lowest BCUT2D eigenvalue weighted by molar-refractivity contribution is 0.0950. The average molecular weight is 438 g/mol. The molecule has 0 aliphatic heterocycles. The number of rotatable bonds is 7. The van der Waals surface area contributed by atoms with Crippen molar-refractivity contribution < 1.29 is 4.79 Å². The van der Waals surface area contributed by atoms with Gasteiger partial charge in [-0.3, -0.25) is 4.79 Å². The summed E-state index contributed by atoms with van der Waals surface area (Å²) in [5.74, 6) is 7.01. The first kappa shape index (κ1) is 20.0. The van der Waals surface area contributed by atoms with Crippen LogP contribution in [0.25, 0.3) is 11.4 Å². The van der Waals surface area contributed by atoms with E-state index in [1.165, 1.54) is 27.8 Å². The number of carbonyl (C=O) groups is 1. The first-order chi connectivity index (χ1) is 14.6. The molecule has 2 aromatic carbocycles. The van der Waals surface area contributed by atoms with Gasteiger partial charge in [-0.1, -0.05) is 83.3 Å².